The van der Waals surface area contributed by atoms with Crippen LogP contribution in [0.25, 0.3) is 0 Å². The molecule has 6 N–H and O–H groups in total. The van der Waals surface area contributed by atoms with Crippen LogP contribution in [0, 0.1) is 23.7 Å². The molecule has 0 aromatic heterocycles. The topological polar surface area (TPSA) is 179 Å². The molecule has 11 nitrogen and oxygen atoms in total. The highest BCUT2D eigenvalue weighted by Crippen LogP contribution is 2.44. The predicted molar refractivity (Wildman–Crippen MR) is 138 cm³/mol. The van der Waals surface area contributed by atoms with Gasteiger partial charge < -0.3 is 30.7 Å². The molecule has 1 aliphatic rings. The molecule has 1 aromatic carbocycles. The summed E-state index contributed by atoms with van der Waals surface area (Å²) in [6, 6.07) is 1.58. The van der Waals surface area contributed by atoms with Gasteiger partial charge in [-0.3, -0.25) is 19.7 Å². The lowest BCUT2D eigenvalue weighted by Gasteiger charge is -2.33. The minimum atomic E-state index is -0.888. The minimum absolute atomic E-state index is 0.0681. The number of ether oxygens (including phenoxy) is 1. The summed E-state index contributed by atoms with van der Waals surface area (Å²) < 4.78 is 5.14. The van der Waals surface area contributed by atoms with Gasteiger partial charge in [0, 0.05) is 38.7 Å². The number of phenols is 1. The van der Waals surface area contributed by atoms with E-state index in [0.29, 0.717) is 24.1 Å². The van der Waals surface area contributed by atoms with E-state index in [1.165, 1.54) is 0 Å². The Hall–Kier alpha value is -3.18. The van der Waals surface area contributed by atoms with Gasteiger partial charge >= 0.3 is 6.09 Å². The fourth-order valence-electron chi connectivity index (χ4n) is 4.87. The minimum Gasteiger partial charge on any atom is -0.505 e. The molecule has 2 rings (SSSR count). The van der Waals surface area contributed by atoms with E-state index in [-0.39, 0.29) is 60.7 Å². The highest BCUT2D eigenvalue weighted by Gasteiger charge is 2.36. The van der Waals surface area contributed by atoms with E-state index in [4.69, 9.17) is 10.5 Å². The van der Waals surface area contributed by atoms with Crippen LogP contribution in [0.4, 0.5) is 16.2 Å². The number of amides is 2. The SMILES string of the molecule is CC(C)COC(=O)Nc1cc(N(C)C)c2c(c1O)C(=O)CC(CC(CCO)C(CO)C(=O)CC(N)=O)C2. The summed E-state index contributed by atoms with van der Waals surface area (Å²) in [5.74, 6) is -3.40. The predicted octanol–water partition coefficient (Wildman–Crippen LogP) is 1.85. The maximum atomic E-state index is 13.3. The third kappa shape index (κ3) is 7.90. The molecule has 206 valence electrons. The van der Waals surface area contributed by atoms with Crippen molar-refractivity contribution in [1.29, 1.82) is 0 Å². The number of carbonyl (C=O) groups excluding carboxylic acids is 4. The Bertz CT molecular complexity index is 1010. The fourth-order valence-corrected chi connectivity index (χ4v) is 4.87. The molecule has 37 heavy (non-hydrogen) atoms. The summed E-state index contributed by atoms with van der Waals surface area (Å²) >= 11 is 0. The number of aliphatic hydroxyl groups excluding tert-OH is 2. The molecule has 1 aliphatic carbocycles. The van der Waals surface area contributed by atoms with E-state index < -0.39 is 42.6 Å². The second-order valence-electron chi connectivity index (χ2n) is 10.3. The molecular weight excluding hydrogens is 482 g/mol. The number of benzene rings is 1. The Morgan fingerprint density at radius 2 is 1.89 bits per heavy atom. The molecule has 11 heteroatoms. The molecule has 0 aliphatic heterocycles. The number of fused-ring (bicyclic) bond motifs is 1. The van der Waals surface area contributed by atoms with Gasteiger partial charge in [-0.2, -0.15) is 0 Å². The number of hydrogen-bond acceptors (Lipinski definition) is 9. The number of nitrogens with two attached hydrogens (primary N) is 1. The first-order valence-electron chi connectivity index (χ1n) is 12.4. The molecule has 1 aromatic rings. The van der Waals surface area contributed by atoms with E-state index >= 15 is 0 Å². The number of aliphatic hydroxyl groups is 2. The zero-order chi connectivity index (χ0) is 27.9. The molecule has 0 radical (unpaired) electrons. The number of Topliss-reactive ketones (excluding diaryl/α,β-unsaturated/α-hetero) is 2. The molecule has 2 amide bonds. The number of hydrogen-bond donors (Lipinski definition) is 5. The van der Waals surface area contributed by atoms with Crippen molar-refractivity contribution in [3.05, 3.63) is 17.2 Å². The molecule has 0 heterocycles. The Morgan fingerprint density at radius 1 is 1.22 bits per heavy atom. The summed E-state index contributed by atoms with van der Waals surface area (Å²) in [6.45, 7) is 3.26. The molecule has 0 saturated heterocycles. The zero-order valence-electron chi connectivity index (χ0n) is 22.0. The van der Waals surface area contributed by atoms with Crippen LogP contribution in [0.2, 0.25) is 0 Å². The number of anilines is 2. The molecule has 3 unspecified atom stereocenters. The van der Waals surface area contributed by atoms with Crippen molar-refractivity contribution in [2.24, 2.45) is 29.4 Å². The molecule has 0 bridgehead atoms. The van der Waals surface area contributed by atoms with Crippen LogP contribution in [0.15, 0.2) is 6.07 Å². The van der Waals surface area contributed by atoms with Gasteiger partial charge in [0.1, 0.15) is 11.5 Å². The summed E-state index contributed by atoms with van der Waals surface area (Å²) in [6.07, 6.45) is -0.231. The number of carbonyl (C=O) groups is 4. The Kier molecular flexibility index (Phi) is 10.9. The third-order valence-electron chi connectivity index (χ3n) is 6.56. The Labute approximate surface area is 217 Å². The first kappa shape index (κ1) is 30.0. The van der Waals surface area contributed by atoms with E-state index in [9.17, 15) is 34.5 Å². The van der Waals surface area contributed by atoms with Gasteiger partial charge in [-0.25, -0.2) is 4.79 Å². The van der Waals surface area contributed by atoms with E-state index in [0.717, 1.165) is 0 Å². The van der Waals surface area contributed by atoms with Crippen molar-refractivity contribution in [2.45, 2.75) is 46.0 Å². The molecular formula is C26H39N3O8. The number of nitrogens with one attached hydrogen (secondary N) is 1. The molecule has 3 atom stereocenters. The number of rotatable bonds is 13. The maximum absolute atomic E-state index is 13.3. The standard InChI is InChI=1S/C26H39N3O8/c1-14(2)13-37-26(36)28-19-10-20(29(3)4)17-8-15(9-22(33)24(17)25(19)35)7-16(5-6-30)18(12-31)21(32)11-23(27)34/h10,14-16,18,30-31,35H,5-9,11-13H2,1-4H3,(H2,27,34)(H,28,36). The van der Waals surface area contributed by atoms with Crippen molar-refractivity contribution in [1.82, 2.24) is 0 Å². The van der Waals surface area contributed by atoms with Gasteiger partial charge in [-0.05, 0) is 48.6 Å². The summed E-state index contributed by atoms with van der Waals surface area (Å²) in [7, 11) is 3.56. The highest BCUT2D eigenvalue weighted by molar-refractivity contribution is 6.06. The van der Waals surface area contributed by atoms with Crippen molar-refractivity contribution in [3.63, 3.8) is 0 Å². The maximum Gasteiger partial charge on any atom is 0.411 e. The van der Waals surface area contributed by atoms with Crippen LogP contribution >= 0.6 is 0 Å². The van der Waals surface area contributed by atoms with Crippen LogP contribution in [-0.4, -0.2) is 72.8 Å². The van der Waals surface area contributed by atoms with E-state index in [2.05, 4.69) is 5.32 Å². The lowest BCUT2D eigenvalue weighted by atomic mass is 9.73. The normalized spacial score (nSPS) is 16.6. The lowest BCUT2D eigenvalue weighted by Crippen LogP contribution is -2.34. The van der Waals surface area contributed by atoms with Crippen LogP contribution in [0.5, 0.6) is 5.75 Å². The van der Waals surface area contributed by atoms with E-state index in [1.807, 2.05) is 13.8 Å². The van der Waals surface area contributed by atoms with Crippen molar-refractivity contribution in [3.8, 4) is 5.75 Å². The number of ketones is 2. The van der Waals surface area contributed by atoms with Crippen molar-refractivity contribution >= 4 is 34.9 Å². The summed E-state index contributed by atoms with van der Waals surface area (Å²) in [4.78, 5) is 51.0. The Balaban J connectivity index is 2.35. The first-order valence-corrected chi connectivity index (χ1v) is 12.4. The smallest absolute Gasteiger partial charge is 0.411 e. The van der Waals surface area contributed by atoms with Crippen LogP contribution in [0.1, 0.15) is 55.5 Å². The van der Waals surface area contributed by atoms with Gasteiger partial charge in [-0.15, -0.1) is 0 Å². The number of aromatic hydroxyl groups is 1. The third-order valence-corrected chi connectivity index (χ3v) is 6.56. The average Bonchev–Trinajstić information content (AvgIpc) is 2.79. The van der Waals surface area contributed by atoms with Gasteiger partial charge in [0.05, 0.1) is 30.9 Å². The second-order valence-corrected chi connectivity index (χ2v) is 10.3. The number of primary amides is 1. The zero-order valence-corrected chi connectivity index (χ0v) is 22.0. The Morgan fingerprint density at radius 3 is 2.43 bits per heavy atom. The van der Waals surface area contributed by atoms with Gasteiger partial charge in [-0.1, -0.05) is 13.8 Å². The van der Waals surface area contributed by atoms with Crippen molar-refractivity contribution in [2.75, 3.05) is 44.1 Å². The van der Waals surface area contributed by atoms with Crippen molar-refractivity contribution < 1.29 is 39.2 Å². The quantitative estimate of drug-likeness (QED) is 0.191. The molecule has 0 saturated carbocycles. The van der Waals surface area contributed by atoms with Crippen LogP contribution in [-0.2, 0) is 20.7 Å². The second kappa shape index (κ2) is 13.4. The lowest BCUT2D eigenvalue weighted by molar-refractivity contribution is -0.131. The average molecular weight is 522 g/mol. The van der Waals surface area contributed by atoms with Crippen LogP contribution in [0.3, 0.4) is 0 Å². The highest BCUT2D eigenvalue weighted by atomic mass is 16.5. The van der Waals surface area contributed by atoms with E-state index in [1.54, 1.807) is 25.1 Å². The number of nitrogens with zero attached hydrogens (tertiary/aromatic N) is 1. The van der Waals surface area contributed by atoms with Crippen LogP contribution < -0.4 is 16.0 Å². The van der Waals surface area contributed by atoms with Gasteiger partial charge in [0.15, 0.2) is 5.78 Å². The summed E-state index contributed by atoms with van der Waals surface area (Å²) in [5, 5.41) is 32.9. The number of phenolic OH excluding ortho intramolecular Hbond substituents is 1. The molecule has 0 fully saturated rings. The summed E-state index contributed by atoms with van der Waals surface area (Å²) in [5.41, 5.74) is 6.59. The fraction of sp³-hybridized carbons (Fsp3) is 0.615. The first-order chi connectivity index (χ1) is 17.4. The van der Waals surface area contributed by atoms with Gasteiger partial charge in [0.2, 0.25) is 5.91 Å². The molecule has 0 spiro atoms. The monoisotopic (exact) mass is 521 g/mol. The largest absolute Gasteiger partial charge is 0.505 e. The van der Waals surface area contributed by atoms with Gasteiger partial charge in [0.25, 0.3) is 0 Å².